The first-order valence-corrected chi connectivity index (χ1v) is 4.15. The van der Waals surface area contributed by atoms with Crippen molar-refractivity contribution in [3.05, 3.63) is 26.7 Å². The summed E-state index contributed by atoms with van der Waals surface area (Å²) in [5, 5.41) is 8.43. The molecule has 1 rings (SSSR count). The van der Waals surface area contributed by atoms with Gasteiger partial charge in [-0.3, -0.25) is 0 Å². The highest BCUT2D eigenvalue weighted by atomic mass is 79.9. The molecule has 0 aromatic carbocycles. The van der Waals surface area contributed by atoms with Gasteiger partial charge in [-0.2, -0.15) is 5.26 Å². The van der Waals surface area contributed by atoms with E-state index in [1.165, 1.54) is 6.20 Å². The van der Waals surface area contributed by atoms with Gasteiger partial charge in [0.2, 0.25) is 0 Å². The molecule has 0 radical (unpaired) electrons. The van der Waals surface area contributed by atoms with Gasteiger partial charge in [0.25, 0.3) is 0 Å². The first-order valence-electron chi connectivity index (χ1n) is 2.56. The molecule has 0 fully saturated rings. The number of halogens is 3. The van der Waals surface area contributed by atoms with E-state index in [9.17, 15) is 4.39 Å². The topological polar surface area (TPSA) is 36.7 Å². The van der Waals surface area contributed by atoms with Crippen molar-refractivity contribution in [3.63, 3.8) is 0 Å². The summed E-state index contributed by atoms with van der Waals surface area (Å²) in [6.07, 6.45) is 1.29. The molecular weight excluding hydrogens is 279 g/mol. The first-order chi connectivity index (χ1) is 5.16. The molecule has 0 bridgehead atoms. The van der Waals surface area contributed by atoms with Crippen LogP contribution in [0, 0.1) is 17.1 Å². The molecule has 1 heterocycles. The molecule has 1 aromatic heterocycles. The van der Waals surface area contributed by atoms with Gasteiger partial charge in [0.15, 0.2) is 5.82 Å². The monoisotopic (exact) mass is 278 g/mol. The lowest BCUT2D eigenvalue weighted by atomic mass is 10.3. The maximum absolute atomic E-state index is 12.9. The van der Waals surface area contributed by atoms with Crippen molar-refractivity contribution in [2.24, 2.45) is 0 Å². The second kappa shape index (κ2) is 3.28. The van der Waals surface area contributed by atoms with Crippen molar-refractivity contribution in [2.45, 2.75) is 0 Å². The van der Waals surface area contributed by atoms with E-state index < -0.39 is 5.82 Å². The van der Waals surface area contributed by atoms with Crippen molar-refractivity contribution in [1.29, 1.82) is 5.26 Å². The summed E-state index contributed by atoms with van der Waals surface area (Å²) < 4.78 is 13.1. The van der Waals surface area contributed by atoms with Crippen LogP contribution in [-0.2, 0) is 0 Å². The lowest BCUT2D eigenvalue weighted by Gasteiger charge is -1.96. The summed E-state index contributed by atoms with van der Waals surface area (Å²) in [5.74, 6) is -0.552. The largest absolute Gasteiger partial charge is 0.245 e. The van der Waals surface area contributed by atoms with E-state index in [1.54, 1.807) is 6.07 Å². The Hall–Kier alpha value is -0.470. The third-order valence-corrected chi connectivity index (χ3v) is 2.37. The average Bonchev–Trinajstić information content (AvgIpc) is 2.01. The van der Waals surface area contributed by atoms with Crippen LogP contribution in [0.25, 0.3) is 0 Å². The number of nitriles is 1. The maximum atomic E-state index is 12.9. The quantitative estimate of drug-likeness (QED) is 0.685. The van der Waals surface area contributed by atoms with E-state index in [-0.39, 0.29) is 14.6 Å². The van der Waals surface area contributed by atoms with Gasteiger partial charge in [-0.15, -0.1) is 0 Å². The van der Waals surface area contributed by atoms with Gasteiger partial charge in [0.1, 0.15) is 10.7 Å². The number of rotatable bonds is 0. The summed E-state index contributed by atoms with van der Waals surface area (Å²) in [6.45, 7) is 0. The van der Waals surface area contributed by atoms with Crippen LogP contribution in [0.2, 0.25) is 0 Å². The molecule has 5 heteroatoms. The van der Waals surface area contributed by atoms with Crippen molar-refractivity contribution in [2.75, 3.05) is 0 Å². The molecule has 0 amide bonds. The highest BCUT2D eigenvalue weighted by molar-refractivity contribution is 9.11. The molecule has 0 atom stereocenters. The summed E-state index contributed by atoms with van der Waals surface area (Å²) in [5.41, 5.74) is 0.186. The highest BCUT2D eigenvalue weighted by Crippen LogP contribution is 2.24. The van der Waals surface area contributed by atoms with Gasteiger partial charge < -0.3 is 0 Å². The fourth-order valence-electron chi connectivity index (χ4n) is 0.521. The molecular formula is C6HBr2FN2. The van der Waals surface area contributed by atoms with Crippen molar-refractivity contribution in [3.8, 4) is 6.07 Å². The summed E-state index contributed by atoms with van der Waals surface area (Å²) in [6, 6.07) is 1.79. The van der Waals surface area contributed by atoms with Crippen LogP contribution in [0.3, 0.4) is 0 Å². The predicted molar refractivity (Wildman–Crippen MR) is 44.3 cm³/mol. The fourth-order valence-corrected chi connectivity index (χ4v) is 1.47. The van der Waals surface area contributed by atoms with Gasteiger partial charge >= 0.3 is 0 Å². The molecule has 0 aliphatic heterocycles. The smallest absolute Gasteiger partial charge is 0.171 e. The van der Waals surface area contributed by atoms with Crippen molar-refractivity contribution >= 4 is 31.9 Å². The maximum Gasteiger partial charge on any atom is 0.171 e. The van der Waals surface area contributed by atoms with Gasteiger partial charge in [0, 0.05) is 6.20 Å². The molecule has 11 heavy (non-hydrogen) atoms. The van der Waals surface area contributed by atoms with E-state index >= 15 is 0 Å². The minimum atomic E-state index is -0.552. The molecule has 0 N–H and O–H groups in total. The van der Waals surface area contributed by atoms with Gasteiger partial charge in [-0.05, 0) is 31.9 Å². The molecule has 0 unspecified atom stereocenters. The van der Waals surface area contributed by atoms with Gasteiger partial charge in [-0.25, -0.2) is 9.37 Å². The molecule has 0 aliphatic carbocycles. The Morgan fingerprint density at radius 3 is 2.73 bits per heavy atom. The Balaban J connectivity index is 3.40. The molecule has 0 aliphatic rings. The second-order valence-corrected chi connectivity index (χ2v) is 3.25. The third kappa shape index (κ3) is 1.57. The highest BCUT2D eigenvalue weighted by Gasteiger charge is 2.09. The molecule has 0 saturated carbocycles. The Morgan fingerprint density at radius 2 is 2.18 bits per heavy atom. The summed E-state index contributed by atoms with van der Waals surface area (Å²) >= 11 is 5.81. The second-order valence-electron chi connectivity index (χ2n) is 1.70. The van der Waals surface area contributed by atoms with Crippen LogP contribution in [0.5, 0.6) is 0 Å². The minimum Gasteiger partial charge on any atom is -0.245 e. The van der Waals surface area contributed by atoms with E-state index in [0.717, 1.165) is 0 Å². The Labute approximate surface area is 79.3 Å². The molecule has 56 valence electrons. The minimum absolute atomic E-state index is 0.100. The number of pyridine rings is 1. The zero-order valence-electron chi connectivity index (χ0n) is 5.11. The van der Waals surface area contributed by atoms with Crippen LogP contribution < -0.4 is 0 Å². The number of hydrogen-bond donors (Lipinski definition) is 0. The van der Waals surface area contributed by atoms with Crippen molar-refractivity contribution < 1.29 is 4.39 Å². The number of nitrogens with zero attached hydrogens (tertiary/aromatic N) is 2. The number of hydrogen-bond acceptors (Lipinski definition) is 2. The van der Waals surface area contributed by atoms with Crippen LogP contribution >= 0.6 is 31.9 Å². The summed E-state index contributed by atoms with van der Waals surface area (Å²) in [4.78, 5) is 3.60. The van der Waals surface area contributed by atoms with E-state index in [0.29, 0.717) is 0 Å². The van der Waals surface area contributed by atoms with Crippen LogP contribution in [0.1, 0.15) is 5.56 Å². The molecule has 2 nitrogen and oxygen atoms in total. The lowest BCUT2D eigenvalue weighted by Crippen LogP contribution is -1.88. The lowest BCUT2D eigenvalue weighted by molar-refractivity contribution is 0.605. The van der Waals surface area contributed by atoms with E-state index in [4.69, 9.17) is 5.26 Å². The van der Waals surface area contributed by atoms with Crippen LogP contribution in [-0.4, -0.2) is 4.98 Å². The van der Waals surface area contributed by atoms with Crippen LogP contribution in [0.4, 0.5) is 4.39 Å². The van der Waals surface area contributed by atoms with E-state index in [1.807, 2.05) is 0 Å². The average molecular weight is 280 g/mol. The zero-order valence-corrected chi connectivity index (χ0v) is 8.28. The zero-order chi connectivity index (χ0) is 8.43. The standard InChI is InChI=1S/C6HBr2FN2/c7-4-3(1-10)2-11-6(8)5(4)9/h2H. The van der Waals surface area contributed by atoms with Gasteiger partial charge in [0.05, 0.1) is 10.0 Å². The van der Waals surface area contributed by atoms with Gasteiger partial charge in [-0.1, -0.05) is 0 Å². The third-order valence-electron chi connectivity index (χ3n) is 1.04. The Morgan fingerprint density at radius 1 is 1.55 bits per heavy atom. The first kappa shape index (κ1) is 8.62. The van der Waals surface area contributed by atoms with Crippen molar-refractivity contribution in [1.82, 2.24) is 4.98 Å². The SMILES string of the molecule is N#Cc1cnc(Br)c(F)c1Br. The normalized spacial score (nSPS) is 9.27. The summed E-state index contributed by atoms with van der Waals surface area (Å²) in [7, 11) is 0. The van der Waals surface area contributed by atoms with E-state index in [2.05, 4.69) is 36.8 Å². The molecule has 1 aromatic rings. The molecule has 0 spiro atoms. The molecule has 0 saturated heterocycles. The number of aromatic nitrogens is 1. The Bertz CT molecular complexity index is 332. The van der Waals surface area contributed by atoms with Crippen LogP contribution in [0.15, 0.2) is 15.3 Å². The predicted octanol–water partition coefficient (Wildman–Crippen LogP) is 2.62. The fraction of sp³-hybridized carbons (Fsp3) is 0. The Kier molecular flexibility index (Phi) is 2.58.